The molecular weight excluding hydrogens is 174 g/mol. The Bertz CT molecular complexity index is 348. The van der Waals surface area contributed by atoms with Gasteiger partial charge in [0.1, 0.15) is 5.75 Å². The molecule has 0 saturated heterocycles. The summed E-state index contributed by atoms with van der Waals surface area (Å²) in [6.45, 7) is 0. The Morgan fingerprint density at radius 2 is 2.15 bits per heavy atom. The van der Waals surface area contributed by atoms with Crippen LogP contribution in [0.4, 0.5) is 5.69 Å². The lowest BCUT2D eigenvalue weighted by Gasteiger charge is -2.02. The highest BCUT2D eigenvalue weighted by Gasteiger charge is 2.06. The normalized spacial score (nSPS) is 9.23. The summed E-state index contributed by atoms with van der Waals surface area (Å²) in [5, 5.41) is 19.9. The molecule has 0 fully saturated rings. The van der Waals surface area contributed by atoms with Crippen molar-refractivity contribution in [3.05, 3.63) is 23.8 Å². The van der Waals surface area contributed by atoms with Crippen LogP contribution in [0.2, 0.25) is 0 Å². The van der Waals surface area contributed by atoms with Crippen LogP contribution < -0.4 is 5.32 Å². The van der Waals surface area contributed by atoms with Crippen molar-refractivity contribution >= 4 is 18.1 Å². The first kappa shape index (κ1) is 9.05. The molecule has 0 radical (unpaired) electrons. The number of rotatable bonds is 3. The molecule has 0 spiro atoms. The fourth-order valence-electron chi connectivity index (χ4n) is 0.848. The molecule has 1 amide bonds. The van der Waals surface area contributed by atoms with Crippen LogP contribution in [-0.4, -0.2) is 22.6 Å². The van der Waals surface area contributed by atoms with Crippen LogP contribution in [0.1, 0.15) is 10.4 Å². The average Bonchev–Trinajstić information content (AvgIpc) is 2.08. The first-order valence-electron chi connectivity index (χ1n) is 3.41. The summed E-state index contributed by atoms with van der Waals surface area (Å²) in [4.78, 5) is 20.5. The van der Waals surface area contributed by atoms with E-state index in [0.29, 0.717) is 6.41 Å². The largest absolute Gasteiger partial charge is 0.506 e. The molecular formula is C8H7NO4. The molecule has 0 unspecified atom stereocenters. The number of carbonyl (C=O) groups excluding carboxylic acids is 1. The number of carboxylic acids is 1. The van der Waals surface area contributed by atoms with Crippen LogP contribution >= 0.6 is 0 Å². The fourth-order valence-corrected chi connectivity index (χ4v) is 0.848. The van der Waals surface area contributed by atoms with Gasteiger partial charge in [-0.05, 0) is 18.2 Å². The topological polar surface area (TPSA) is 86.6 Å². The van der Waals surface area contributed by atoms with E-state index in [0.717, 1.165) is 0 Å². The molecule has 0 aromatic heterocycles. The van der Waals surface area contributed by atoms with Gasteiger partial charge in [0.2, 0.25) is 6.41 Å². The summed E-state index contributed by atoms with van der Waals surface area (Å²) < 4.78 is 0. The summed E-state index contributed by atoms with van der Waals surface area (Å²) in [6.07, 6.45) is 0.362. The van der Waals surface area contributed by atoms with Crippen LogP contribution in [0, 0.1) is 0 Å². The van der Waals surface area contributed by atoms with Crippen LogP contribution in [-0.2, 0) is 4.79 Å². The Labute approximate surface area is 73.6 Å². The third kappa shape index (κ3) is 1.96. The van der Waals surface area contributed by atoms with Gasteiger partial charge in [-0.25, -0.2) is 4.79 Å². The third-order valence-corrected chi connectivity index (χ3v) is 1.46. The van der Waals surface area contributed by atoms with Gasteiger partial charge in [-0.1, -0.05) is 0 Å². The Morgan fingerprint density at radius 3 is 2.69 bits per heavy atom. The minimum atomic E-state index is -1.12. The Balaban J connectivity index is 3.10. The number of anilines is 1. The van der Waals surface area contributed by atoms with E-state index in [4.69, 9.17) is 10.2 Å². The maximum absolute atomic E-state index is 10.5. The van der Waals surface area contributed by atoms with Crippen molar-refractivity contribution in [1.82, 2.24) is 0 Å². The monoisotopic (exact) mass is 181 g/mol. The Morgan fingerprint density at radius 1 is 1.46 bits per heavy atom. The summed E-state index contributed by atoms with van der Waals surface area (Å²) in [5.74, 6) is -1.29. The molecule has 3 N–H and O–H groups in total. The molecule has 0 saturated carbocycles. The second-order valence-corrected chi connectivity index (χ2v) is 2.30. The average molecular weight is 181 g/mol. The van der Waals surface area contributed by atoms with Gasteiger partial charge in [0.25, 0.3) is 0 Å². The van der Waals surface area contributed by atoms with E-state index >= 15 is 0 Å². The first-order valence-corrected chi connectivity index (χ1v) is 3.41. The second-order valence-electron chi connectivity index (χ2n) is 2.30. The highest BCUT2D eigenvalue weighted by atomic mass is 16.4. The number of aromatic carboxylic acids is 1. The van der Waals surface area contributed by atoms with Crippen molar-refractivity contribution in [2.75, 3.05) is 5.32 Å². The molecule has 1 aromatic carbocycles. The van der Waals surface area contributed by atoms with Crippen molar-refractivity contribution in [3.8, 4) is 5.75 Å². The molecule has 1 aromatic rings. The molecule has 13 heavy (non-hydrogen) atoms. The van der Waals surface area contributed by atoms with Crippen LogP contribution in [0.3, 0.4) is 0 Å². The molecule has 0 heterocycles. The molecule has 68 valence electrons. The first-order chi connectivity index (χ1) is 6.15. The number of hydrogen-bond acceptors (Lipinski definition) is 3. The second kappa shape index (κ2) is 3.57. The third-order valence-electron chi connectivity index (χ3n) is 1.46. The van der Waals surface area contributed by atoms with E-state index in [2.05, 4.69) is 5.32 Å². The lowest BCUT2D eigenvalue weighted by Crippen LogP contribution is -1.99. The molecule has 1 rings (SSSR count). The molecule has 0 atom stereocenters. The molecule has 0 aliphatic rings. The Kier molecular flexibility index (Phi) is 2.49. The molecule has 0 aliphatic carbocycles. The fraction of sp³-hybridized carbons (Fsp3) is 0. The highest BCUT2D eigenvalue weighted by molar-refractivity contribution is 5.90. The molecule has 5 nitrogen and oxygen atoms in total. The number of nitrogens with one attached hydrogen (secondary N) is 1. The van der Waals surface area contributed by atoms with E-state index in [1.165, 1.54) is 18.2 Å². The maximum atomic E-state index is 10.5. The van der Waals surface area contributed by atoms with E-state index in [9.17, 15) is 9.59 Å². The van der Waals surface area contributed by atoms with Crippen LogP contribution in [0.15, 0.2) is 18.2 Å². The summed E-state index contributed by atoms with van der Waals surface area (Å²) >= 11 is 0. The maximum Gasteiger partial charge on any atom is 0.335 e. The predicted molar refractivity (Wildman–Crippen MR) is 44.8 cm³/mol. The van der Waals surface area contributed by atoms with Gasteiger partial charge in [-0.3, -0.25) is 4.79 Å². The number of amides is 1. The van der Waals surface area contributed by atoms with Gasteiger partial charge in [0, 0.05) is 0 Å². The lowest BCUT2D eigenvalue weighted by molar-refractivity contribution is -0.105. The van der Waals surface area contributed by atoms with Gasteiger partial charge in [-0.2, -0.15) is 0 Å². The van der Waals surface area contributed by atoms with Gasteiger partial charge in [0.15, 0.2) is 0 Å². The highest BCUT2D eigenvalue weighted by Crippen LogP contribution is 2.23. The van der Waals surface area contributed by atoms with E-state index in [1.807, 2.05) is 0 Å². The van der Waals surface area contributed by atoms with E-state index in [1.54, 1.807) is 0 Å². The van der Waals surface area contributed by atoms with Gasteiger partial charge < -0.3 is 15.5 Å². The Hall–Kier alpha value is -2.04. The standard InChI is InChI=1S/C8H7NO4/c10-4-9-6-3-5(8(12)13)1-2-7(6)11/h1-4,11H,(H,9,10)(H,12,13). The predicted octanol–water partition coefficient (Wildman–Crippen LogP) is 0.659. The minimum Gasteiger partial charge on any atom is -0.506 e. The van der Waals surface area contributed by atoms with Crippen molar-refractivity contribution in [2.24, 2.45) is 0 Å². The molecule has 0 bridgehead atoms. The zero-order valence-electron chi connectivity index (χ0n) is 6.52. The minimum absolute atomic E-state index is 0.00199. The summed E-state index contributed by atoms with van der Waals surface area (Å²) in [6, 6.07) is 3.62. The van der Waals surface area contributed by atoms with Gasteiger partial charge in [0.05, 0.1) is 11.3 Å². The number of carboxylic acid groups (broad SMARTS) is 1. The van der Waals surface area contributed by atoms with E-state index < -0.39 is 5.97 Å². The van der Waals surface area contributed by atoms with Crippen LogP contribution in [0.5, 0.6) is 5.75 Å². The van der Waals surface area contributed by atoms with Crippen LogP contribution in [0.25, 0.3) is 0 Å². The van der Waals surface area contributed by atoms with Crippen molar-refractivity contribution < 1.29 is 19.8 Å². The van der Waals surface area contributed by atoms with Crippen molar-refractivity contribution in [3.63, 3.8) is 0 Å². The number of benzene rings is 1. The number of carbonyl (C=O) groups is 2. The van der Waals surface area contributed by atoms with Gasteiger partial charge in [-0.15, -0.1) is 0 Å². The number of phenols is 1. The quantitative estimate of drug-likeness (QED) is 0.472. The van der Waals surface area contributed by atoms with Crippen molar-refractivity contribution in [1.29, 1.82) is 0 Å². The summed E-state index contributed by atoms with van der Waals surface area (Å²) in [7, 11) is 0. The lowest BCUT2D eigenvalue weighted by atomic mass is 10.2. The number of phenolic OH excluding ortho intramolecular Hbond substituents is 1. The zero-order valence-corrected chi connectivity index (χ0v) is 6.52. The van der Waals surface area contributed by atoms with E-state index in [-0.39, 0.29) is 17.0 Å². The van der Waals surface area contributed by atoms with Crippen molar-refractivity contribution in [2.45, 2.75) is 0 Å². The summed E-state index contributed by atoms with van der Waals surface area (Å²) in [5.41, 5.74) is 0.0806. The smallest absolute Gasteiger partial charge is 0.335 e. The van der Waals surface area contributed by atoms with Gasteiger partial charge >= 0.3 is 5.97 Å². The number of hydrogen-bond donors (Lipinski definition) is 3. The number of aromatic hydroxyl groups is 1. The molecule has 5 heteroatoms. The SMILES string of the molecule is O=CNc1cc(C(=O)O)ccc1O. The zero-order chi connectivity index (χ0) is 9.84. The molecule has 0 aliphatic heterocycles.